The highest BCUT2D eigenvalue weighted by Gasteiger charge is 2.13. The number of nitriles is 1. The summed E-state index contributed by atoms with van der Waals surface area (Å²) in [5.74, 6) is 0. The summed E-state index contributed by atoms with van der Waals surface area (Å²) in [7, 11) is 1.78. The van der Waals surface area contributed by atoms with Gasteiger partial charge in [0.15, 0.2) is 5.16 Å². The van der Waals surface area contributed by atoms with Crippen LogP contribution in [0.2, 0.25) is 0 Å². The highest BCUT2D eigenvalue weighted by Crippen LogP contribution is 2.30. The van der Waals surface area contributed by atoms with Crippen molar-refractivity contribution in [3.8, 4) is 6.07 Å². The van der Waals surface area contributed by atoms with E-state index in [2.05, 4.69) is 10.2 Å². The molecule has 90 valence electrons. The molecule has 0 saturated heterocycles. The van der Waals surface area contributed by atoms with Gasteiger partial charge in [0.1, 0.15) is 12.4 Å². The van der Waals surface area contributed by atoms with Crippen LogP contribution < -0.4 is 0 Å². The van der Waals surface area contributed by atoms with Crippen LogP contribution in [-0.2, 0) is 7.05 Å². The summed E-state index contributed by atoms with van der Waals surface area (Å²) in [6.07, 6.45) is 1.54. The van der Waals surface area contributed by atoms with Gasteiger partial charge < -0.3 is 4.57 Å². The predicted molar refractivity (Wildman–Crippen MR) is 62.9 cm³/mol. The van der Waals surface area contributed by atoms with Crippen molar-refractivity contribution in [1.82, 2.24) is 14.8 Å². The number of hydrogen-bond acceptors (Lipinski definition) is 6. The van der Waals surface area contributed by atoms with Gasteiger partial charge >= 0.3 is 0 Å². The molecule has 0 bridgehead atoms. The van der Waals surface area contributed by atoms with E-state index >= 15 is 0 Å². The lowest BCUT2D eigenvalue weighted by molar-refractivity contribution is -0.384. The summed E-state index contributed by atoms with van der Waals surface area (Å²) in [5, 5.41) is 27.8. The fourth-order valence-electron chi connectivity index (χ4n) is 1.27. The van der Waals surface area contributed by atoms with Gasteiger partial charge in [-0.2, -0.15) is 5.26 Å². The average molecular weight is 261 g/mol. The standard InChI is InChI=1S/C10H7N5O2S/c1-14-6-12-13-10(14)18-9-3-2-8(15(16)17)4-7(9)5-11/h2-4,6H,1H3. The molecule has 1 aromatic heterocycles. The maximum absolute atomic E-state index is 10.6. The molecule has 0 unspecified atom stereocenters. The number of rotatable bonds is 3. The fraction of sp³-hybridized carbons (Fsp3) is 0.100. The summed E-state index contributed by atoms with van der Waals surface area (Å²) in [4.78, 5) is 10.7. The Morgan fingerprint density at radius 1 is 1.56 bits per heavy atom. The van der Waals surface area contributed by atoms with Crippen LogP contribution in [-0.4, -0.2) is 19.7 Å². The van der Waals surface area contributed by atoms with Crippen LogP contribution >= 0.6 is 11.8 Å². The van der Waals surface area contributed by atoms with Crippen molar-refractivity contribution < 1.29 is 4.92 Å². The monoisotopic (exact) mass is 261 g/mol. The number of non-ortho nitro benzene ring substituents is 1. The number of nitro groups is 1. The number of aryl methyl sites for hydroxylation is 1. The van der Waals surface area contributed by atoms with Gasteiger partial charge in [0.2, 0.25) is 0 Å². The SMILES string of the molecule is Cn1cnnc1Sc1ccc([N+](=O)[O-])cc1C#N. The van der Waals surface area contributed by atoms with Crippen LogP contribution in [0.15, 0.2) is 34.6 Å². The molecule has 0 radical (unpaired) electrons. The molecule has 0 aliphatic carbocycles. The Kier molecular flexibility index (Phi) is 3.25. The fourth-order valence-corrected chi connectivity index (χ4v) is 2.10. The molecule has 0 saturated carbocycles. The van der Waals surface area contributed by atoms with Gasteiger partial charge in [0.25, 0.3) is 5.69 Å². The second-order valence-corrected chi connectivity index (χ2v) is 4.38. The maximum atomic E-state index is 10.6. The lowest BCUT2D eigenvalue weighted by Crippen LogP contribution is -1.92. The first-order valence-corrected chi connectivity index (χ1v) is 5.64. The minimum Gasteiger partial charge on any atom is -0.311 e. The van der Waals surface area contributed by atoms with E-state index in [1.165, 1.54) is 30.0 Å². The normalized spacial score (nSPS) is 10.0. The van der Waals surface area contributed by atoms with Crippen LogP contribution in [0.1, 0.15) is 5.56 Å². The van der Waals surface area contributed by atoms with E-state index in [1.807, 2.05) is 6.07 Å². The third-order valence-corrected chi connectivity index (χ3v) is 3.29. The van der Waals surface area contributed by atoms with Gasteiger partial charge in [0, 0.05) is 24.1 Å². The minimum absolute atomic E-state index is 0.103. The third kappa shape index (κ3) is 2.31. The minimum atomic E-state index is -0.530. The molecule has 0 fully saturated rings. The van der Waals surface area contributed by atoms with Gasteiger partial charge in [-0.05, 0) is 17.8 Å². The summed E-state index contributed by atoms with van der Waals surface area (Å²) in [6.45, 7) is 0. The van der Waals surface area contributed by atoms with Crippen LogP contribution in [0.3, 0.4) is 0 Å². The first-order chi connectivity index (χ1) is 8.61. The van der Waals surface area contributed by atoms with Crippen molar-refractivity contribution in [3.05, 3.63) is 40.2 Å². The van der Waals surface area contributed by atoms with Gasteiger partial charge in [0.05, 0.1) is 10.5 Å². The molecule has 0 spiro atoms. The average Bonchev–Trinajstić information content (AvgIpc) is 2.75. The molecule has 0 atom stereocenters. The lowest BCUT2D eigenvalue weighted by Gasteiger charge is -2.02. The highest BCUT2D eigenvalue weighted by atomic mass is 32.2. The molecule has 0 amide bonds. The van der Waals surface area contributed by atoms with Crippen LogP contribution in [0, 0.1) is 21.4 Å². The maximum Gasteiger partial charge on any atom is 0.270 e. The Morgan fingerprint density at radius 3 is 2.89 bits per heavy atom. The van der Waals surface area contributed by atoms with E-state index < -0.39 is 4.92 Å². The van der Waals surface area contributed by atoms with Crippen LogP contribution in [0.4, 0.5) is 5.69 Å². The van der Waals surface area contributed by atoms with Crippen molar-refractivity contribution in [3.63, 3.8) is 0 Å². The number of nitrogens with zero attached hydrogens (tertiary/aromatic N) is 5. The molecule has 7 nitrogen and oxygen atoms in total. The zero-order valence-corrected chi connectivity index (χ0v) is 10.1. The molecule has 2 aromatic rings. The zero-order valence-electron chi connectivity index (χ0n) is 9.27. The third-order valence-electron chi connectivity index (χ3n) is 2.17. The Hall–Kier alpha value is -2.40. The smallest absolute Gasteiger partial charge is 0.270 e. The first kappa shape index (κ1) is 12.1. The Labute approximate surface area is 106 Å². The van der Waals surface area contributed by atoms with E-state index in [0.29, 0.717) is 10.1 Å². The molecule has 18 heavy (non-hydrogen) atoms. The summed E-state index contributed by atoms with van der Waals surface area (Å²) in [5.41, 5.74) is 0.145. The lowest BCUT2D eigenvalue weighted by atomic mass is 10.2. The van der Waals surface area contributed by atoms with Crippen molar-refractivity contribution in [1.29, 1.82) is 5.26 Å². The first-order valence-electron chi connectivity index (χ1n) is 4.82. The van der Waals surface area contributed by atoms with E-state index in [4.69, 9.17) is 5.26 Å². The topological polar surface area (TPSA) is 97.6 Å². The molecule has 0 aliphatic rings. The molecule has 0 aliphatic heterocycles. The Morgan fingerprint density at radius 2 is 2.33 bits per heavy atom. The largest absolute Gasteiger partial charge is 0.311 e. The summed E-state index contributed by atoms with van der Waals surface area (Å²) >= 11 is 1.24. The molecule has 1 aromatic carbocycles. The highest BCUT2D eigenvalue weighted by molar-refractivity contribution is 7.99. The number of nitro benzene ring substituents is 1. The van der Waals surface area contributed by atoms with Gasteiger partial charge in [-0.25, -0.2) is 0 Å². The number of aromatic nitrogens is 3. The Balaban J connectivity index is 2.37. The summed E-state index contributed by atoms with van der Waals surface area (Å²) in [6, 6.07) is 6.09. The quantitative estimate of drug-likeness (QED) is 0.616. The molecule has 1 heterocycles. The van der Waals surface area contributed by atoms with Crippen LogP contribution in [0.25, 0.3) is 0 Å². The predicted octanol–water partition coefficient (Wildman–Crippen LogP) is 1.75. The van der Waals surface area contributed by atoms with Crippen molar-refractivity contribution in [2.24, 2.45) is 7.05 Å². The van der Waals surface area contributed by atoms with Crippen molar-refractivity contribution in [2.45, 2.75) is 10.1 Å². The van der Waals surface area contributed by atoms with Gasteiger partial charge in [-0.15, -0.1) is 10.2 Å². The van der Waals surface area contributed by atoms with Crippen molar-refractivity contribution >= 4 is 17.4 Å². The van der Waals surface area contributed by atoms with E-state index in [9.17, 15) is 10.1 Å². The second kappa shape index (κ2) is 4.85. The molecule has 0 N–H and O–H groups in total. The van der Waals surface area contributed by atoms with E-state index in [-0.39, 0.29) is 11.3 Å². The molecule has 2 rings (SSSR count). The van der Waals surface area contributed by atoms with Gasteiger partial charge in [-0.3, -0.25) is 10.1 Å². The molecule has 8 heteroatoms. The second-order valence-electron chi connectivity index (χ2n) is 3.38. The number of hydrogen-bond donors (Lipinski definition) is 0. The van der Waals surface area contributed by atoms with Gasteiger partial charge in [-0.1, -0.05) is 0 Å². The molecular formula is C10H7N5O2S. The zero-order chi connectivity index (χ0) is 13.1. The molecular weight excluding hydrogens is 254 g/mol. The van der Waals surface area contributed by atoms with E-state index in [1.54, 1.807) is 17.9 Å². The van der Waals surface area contributed by atoms with Crippen molar-refractivity contribution in [2.75, 3.05) is 0 Å². The van der Waals surface area contributed by atoms with E-state index in [0.717, 1.165) is 0 Å². The van der Waals surface area contributed by atoms with Crippen LogP contribution in [0.5, 0.6) is 0 Å². The Bertz CT molecular complexity index is 646. The summed E-state index contributed by atoms with van der Waals surface area (Å²) < 4.78 is 1.70. The number of benzene rings is 1.